The van der Waals surface area contributed by atoms with Gasteiger partial charge in [-0.3, -0.25) is 0 Å². The van der Waals surface area contributed by atoms with Crippen LogP contribution in [0.3, 0.4) is 0 Å². The highest BCUT2D eigenvalue weighted by Crippen LogP contribution is 2.40. The normalized spacial score (nSPS) is 19.3. The number of halogens is 3. The fraction of sp³-hybridized carbons (Fsp3) is 0.176. The lowest BCUT2D eigenvalue weighted by Gasteiger charge is -2.32. The van der Waals surface area contributed by atoms with Crippen molar-refractivity contribution in [3.8, 4) is 0 Å². The van der Waals surface area contributed by atoms with Gasteiger partial charge in [0.15, 0.2) is 0 Å². The Hall–Kier alpha value is -1.76. The van der Waals surface area contributed by atoms with Crippen LogP contribution in [-0.4, -0.2) is 14.8 Å². The molecule has 0 bridgehead atoms. The zero-order chi connectivity index (χ0) is 17.6. The van der Waals surface area contributed by atoms with Crippen molar-refractivity contribution in [1.29, 1.82) is 0 Å². The topological polar surface area (TPSA) is 68.8 Å². The zero-order valence-electron chi connectivity index (χ0n) is 13.0. The van der Waals surface area contributed by atoms with E-state index in [0.717, 1.165) is 22.0 Å². The van der Waals surface area contributed by atoms with E-state index < -0.39 is 0 Å². The summed E-state index contributed by atoms with van der Waals surface area (Å²) >= 11 is 16.0. The molecular weight excluding hydrogens is 425 g/mol. The maximum absolute atomic E-state index is 6.45. The van der Waals surface area contributed by atoms with Crippen molar-refractivity contribution in [1.82, 2.24) is 14.8 Å². The van der Waals surface area contributed by atoms with E-state index in [1.165, 1.54) is 0 Å². The second-order valence-electron chi connectivity index (χ2n) is 5.90. The Kier molecular flexibility index (Phi) is 4.35. The van der Waals surface area contributed by atoms with Crippen LogP contribution < -0.4 is 11.1 Å². The van der Waals surface area contributed by atoms with Crippen LogP contribution in [0.4, 0.5) is 11.9 Å². The zero-order valence-corrected chi connectivity index (χ0v) is 16.1. The minimum atomic E-state index is -0.0838. The molecule has 0 unspecified atom stereocenters. The molecule has 0 saturated heterocycles. The predicted molar refractivity (Wildman–Crippen MR) is 104 cm³/mol. The van der Waals surface area contributed by atoms with Crippen LogP contribution in [-0.2, 0) is 0 Å². The molecule has 2 heterocycles. The summed E-state index contributed by atoms with van der Waals surface area (Å²) in [4.78, 5) is 4.31. The molecule has 3 N–H and O–H groups in total. The monoisotopic (exact) mass is 437 g/mol. The van der Waals surface area contributed by atoms with E-state index in [-0.39, 0.29) is 18.0 Å². The van der Waals surface area contributed by atoms with E-state index in [1.54, 1.807) is 10.7 Å². The first-order valence-electron chi connectivity index (χ1n) is 7.70. The lowest BCUT2D eigenvalue weighted by molar-refractivity contribution is 0.431. The number of benzene rings is 2. The Morgan fingerprint density at radius 1 is 1.16 bits per heavy atom. The highest BCUT2D eigenvalue weighted by atomic mass is 79.9. The Morgan fingerprint density at radius 2 is 1.92 bits per heavy atom. The first-order valence-corrected chi connectivity index (χ1v) is 9.25. The maximum Gasteiger partial charge on any atom is 0.241 e. The van der Waals surface area contributed by atoms with Gasteiger partial charge in [-0.05, 0) is 41.8 Å². The number of aromatic nitrogens is 3. The Labute approximate surface area is 163 Å². The molecule has 0 saturated carbocycles. The number of nitrogen functional groups attached to an aromatic ring is 1. The number of hydrogen-bond donors (Lipinski definition) is 2. The number of nitrogens with zero attached hydrogens (tertiary/aromatic N) is 3. The van der Waals surface area contributed by atoms with Gasteiger partial charge in [0.2, 0.25) is 11.9 Å². The standard InChI is InChI=1S/C17H14BrCl2N5/c18-10-3-1-9(2-4-10)14-8-15(12-6-5-11(19)7-13(12)20)25-17(22-14)23-16(21)24-25/h1-7,14-15H,8H2,(H3,21,22,23,24)/t14-,15+/m0/s1. The number of fused-ring (bicyclic) bond motifs is 1. The molecule has 8 heteroatoms. The van der Waals surface area contributed by atoms with Crippen LogP contribution in [0.1, 0.15) is 29.6 Å². The van der Waals surface area contributed by atoms with Crippen LogP contribution in [0.2, 0.25) is 10.0 Å². The molecule has 1 aliphatic rings. The van der Waals surface area contributed by atoms with Gasteiger partial charge >= 0.3 is 0 Å². The Balaban J connectivity index is 1.78. The summed E-state index contributed by atoms with van der Waals surface area (Å²) in [5.74, 6) is 0.863. The van der Waals surface area contributed by atoms with Crippen LogP contribution in [0.25, 0.3) is 0 Å². The van der Waals surface area contributed by atoms with Gasteiger partial charge in [0.25, 0.3) is 0 Å². The predicted octanol–water partition coefficient (Wildman–Crippen LogP) is 5.08. The van der Waals surface area contributed by atoms with E-state index in [1.807, 2.05) is 24.3 Å². The summed E-state index contributed by atoms with van der Waals surface area (Å²) in [6.45, 7) is 0. The van der Waals surface area contributed by atoms with Gasteiger partial charge in [-0.2, -0.15) is 4.98 Å². The van der Waals surface area contributed by atoms with E-state index in [4.69, 9.17) is 28.9 Å². The van der Waals surface area contributed by atoms with Crippen molar-refractivity contribution >= 4 is 51.0 Å². The molecule has 0 fully saturated rings. The number of nitrogens with one attached hydrogen (secondary N) is 1. The molecule has 25 heavy (non-hydrogen) atoms. The van der Waals surface area contributed by atoms with Crippen LogP contribution in [0.15, 0.2) is 46.9 Å². The average Bonchev–Trinajstić information content (AvgIpc) is 2.95. The quantitative estimate of drug-likeness (QED) is 0.585. The highest BCUT2D eigenvalue weighted by molar-refractivity contribution is 9.10. The summed E-state index contributed by atoms with van der Waals surface area (Å²) in [5.41, 5.74) is 7.93. The van der Waals surface area contributed by atoms with Gasteiger partial charge in [-0.1, -0.05) is 57.3 Å². The number of nitrogens with two attached hydrogens (primary N) is 1. The molecule has 2 atom stereocenters. The van der Waals surface area contributed by atoms with Crippen molar-refractivity contribution in [2.24, 2.45) is 0 Å². The van der Waals surface area contributed by atoms with Gasteiger partial charge in [0.05, 0.1) is 12.1 Å². The minimum Gasteiger partial charge on any atom is -0.366 e. The third-order valence-corrected chi connectivity index (χ3v) is 5.39. The summed E-state index contributed by atoms with van der Waals surface area (Å²) < 4.78 is 2.83. The second kappa shape index (κ2) is 6.52. The van der Waals surface area contributed by atoms with Gasteiger partial charge in [-0.25, -0.2) is 4.68 Å². The smallest absolute Gasteiger partial charge is 0.241 e. The molecule has 3 aromatic rings. The van der Waals surface area contributed by atoms with E-state index in [9.17, 15) is 0 Å². The SMILES string of the molecule is Nc1nc2n(n1)[C@@H](c1ccc(Cl)cc1Cl)C[C@@H](c1ccc(Br)cc1)N2. The largest absolute Gasteiger partial charge is 0.366 e. The third kappa shape index (κ3) is 3.21. The highest BCUT2D eigenvalue weighted by Gasteiger charge is 2.32. The van der Waals surface area contributed by atoms with Gasteiger partial charge in [0, 0.05) is 14.5 Å². The summed E-state index contributed by atoms with van der Waals surface area (Å²) in [6.07, 6.45) is 0.763. The summed E-state index contributed by atoms with van der Waals surface area (Å²) in [7, 11) is 0. The van der Waals surface area contributed by atoms with Crippen LogP contribution in [0, 0.1) is 0 Å². The molecular formula is C17H14BrCl2N5. The van der Waals surface area contributed by atoms with Crippen LogP contribution >= 0.6 is 39.1 Å². The van der Waals surface area contributed by atoms with E-state index in [2.05, 4.69) is 43.5 Å². The molecule has 0 radical (unpaired) electrons. The molecule has 1 aliphatic heterocycles. The first kappa shape index (κ1) is 16.7. The van der Waals surface area contributed by atoms with Crippen molar-refractivity contribution in [2.45, 2.75) is 18.5 Å². The fourth-order valence-electron chi connectivity index (χ4n) is 3.14. The van der Waals surface area contributed by atoms with Gasteiger partial charge in [-0.15, -0.1) is 5.10 Å². The van der Waals surface area contributed by atoms with Crippen molar-refractivity contribution in [2.75, 3.05) is 11.1 Å². The first-order chi connectivity index (χ1) is 12.0. The minimum absolute atomic E-state index is 0.0703. The van der Waals surface area contributed by atoms with E-state index in [0.29, 0.717) is 16.0 Å². The fourth-order valence-corrected chi connectivity index (χ4v) is 3.94. The third-order valence-electron chi connectivity index (χ3n) is 4.30. The van der Waals surface area contributed by atoms with Crippen molar-refractivity contribution in [3.05, 3.63) is 68.1 Å². The lowest BCUT2D eigenvalue weighted by Crippen LogP contribution is -2.28. The second-order valence-corrected chi connectivity index (χ2v) is 7.66. The molecule has 0 spiro atoms. The lowest BCUT2D eigenvalue weighted by atomic mass is 9.93. The number of hydrogen-bond acceptors (Lipinski definition) is 4. The number of rotatable bonds is 2. The van der Waals surface area contributed by atoms with Crippen LogP contribution in [0.5, 0.6) is 0 Å². The molecule has 5 nitrogen and oxygen atoms in total. The molecule has 2 aromatic carbocycles. The Bertz CT molecular complexity index is 925. The molecule has 1 aromatic heterocycles. The summed E-state index contributed by atoms with van der Waals surface area (Å²) in [5, 5.41) is 8.95. The van der Waals surface area contributed by atoms with E-state index >= 15 is 0 Å². The Morgan fingerprint density at radius 3 is 2.64 bits per heavy atom. The average molecular weight is 439 g/mol. The molecule has 128 valence electrons. The van der Waals surface area contributed by atoms with Crippen molar-refractivity contribution < 1.29 is 0 Å². The molecule has 0 amide bonds. The van der Waals surface area contributed by atoms with Gasteiger partial charge < -0.3 is 11.1 Å². The summed E-state index contributed by atoms with van der Waals surface area (Å²) in [6, 6.07) is 13.7. The molecule has 4 rings (SSSR count). The van der Waals surface area contributed by atoms with Crippen molar-refractivity contribution in [3.63, 3.8) is 0 Å². The molecule has 0 aliphatic carbocycles. The number of anilines is 2. The maximum atomic E-state index is 6.45. The van der Waals surface area contributed by atoms with Gasteiger partial charge in [0.1, 0.15) is 0 Å².